The Hall–Kier alpha value is -1.88. The molecule has 2 fully saturated rings. The summed E-state index contributed by atoms with van der Waals surface area (Å²) in [6.45, 7) is 8.36. The van der Waals surface area contributed by atoms with Gasteiger partial charge in [0.05, 0.1) is 10.1 Å². The van der Waals surface area contributed by atoms with Crippen molar-refractivity contribution in [2.24, 2.45) is 5.73 Å². The molecule has 0 aliphatic heterocycles. The van der Waals surface area contributed by atoms with E-state index >= 15 is 0 Å². The van der Waals surface area contributed by atoms with Crippen LogP contribution in [0, 0.1) is 0 Å². The Morgan fingerprint density at radius 1 is 0.788 bits per heavy atom. The van der Waals surface area contributed by atoms with Crippen LogP contribution in [0.3, 0.4) is 0 Å². The van der Waals surface area contributed by atoms with E-state index < -0.39 is 18.2 Å². The van der Waals surface area contributed by atoms with Gasteiger partial charge in [-0.05, 0) is 37.0 Å². The van der Waals surface area contributed by atoms with Gasteiger partial charge in [0, 0.05) is 6.26 Å². The van der Waals surface area contributed by atoms with Crippen LogP contribution in [0.5, 0.6) is 0 Å². The largest absolute Gasteiger partial charge is 0.748 e. The van der Waals surface area contributed by atoms with Crippen molar-refractivity contribution in [2.45, 2.75) is 136 Å². The van der Waals surface area contributed by atoms with Gasteiger partial charge in [-0.2, -0.15) is 0 Å². The average molecular weight is 841 g/mol. The summed E-state index contributed by atoms with van der Waals surface area (Å²) < 4.78 is 39.4. The third kappa shape index (κ3) is 13.8. The summed E-state index contributed by atoms with van der Waals surface area (Å²) in [6.07, 6.45) is 28.5. The van der Waals surface area contributed by atoms with Crippen molar-refractivity contribution in [1.82, 2.24) is 0 Å². The molecule has 289 valence electrons. The predicted molar refractivity (Wildman–Crippen MR) is 215 cm³/mol. The molecule has 6 rings (SSSR count). The van der Waals surface area contributed by atoms with E-state index in [2.05, 4.69) is 107 Å². The summed E-state index contributed by atoms with van der Waals surface area (Å²) in [4.78, 5) is 0. The number of ether oxygens (including phenoxy) is 2. The number of rotatable bonds is 10. The Morgan fingerprint density at radius 3 is 1.81 bits per heavy atom. The molecule has 2 unspecified atom stereocenters. The molecule has 2 aromatic rings. The fraction of sp³-hybridized carbons (Fsp3) is 0.535. The molecular formula is C43H61NO5PPdS. The fourth-order valence-electron chi connectivity index (χ4n) is 7.29. The third-order valence-electron chi connectivity index (χ3n) is 9.35. The van der Waals surface area contributed by atoms with E-state index in [0.717, 1.165) is 41.1 Å². The molecule has 0 aromatic heterocycles. The van der Waals surface area contributed by atoms with Crippen LogP contribution in [0.2, 0.25) is 0 Å². The van der Waals surface area contributed by atoms with E-state index in [-0.39, 0.29) is 30.2 Å². The van der Waals surface area contributed by atoms with Gasteiger partial charge in [-0.15, -0.1) is 8.58 Å². The maximum absolute atomic E-state index is 9.08. The fourth-order valence-corrected chi connectivity index (χ4v) is 12.9. The minimum atomic E-state index is -3.92. The zero-order chi connectivity index (χ0) is 37.6. The summed E-state index contributed by atoms with van der Waals surface area (Å²) >= 11 is 0.00470. The Bertz CT molecular complexity index is 1590. The summed E-state index contributed by atoms with van der Waals surface area (Å²) in [7, 11) is -2.59. The molecule has 0 saturated heterocycles. The summed E-state index contributed by atoms with van der Waals surface area (Å²) in [5, 5.41) is 0. The number of hydrogen-bond donors (Lipinski definition) is 1. The van der Waals surface area contributed by atoms with E-state index in [9.17, 15) is 0 Å². The van der Waals surface area contributed by atoms with Gasteiger partial charge in [-0.1, -0.05) is 38.5 Å². The van der Waals surface area contributed by atoms with Crippen molar-refractivity contribution in [3.05, 3.63) is 108 Å². The van der Waals surface area contributed by atoms with Gasteiger partial charge >= 0.3 is 213 Å². The number of allylic oxidation sites excluding steroid dienone is 3. The van der Waals surface area contributed by atoms with E-state index in [4.69, 9.17) is 28.2 Å². The van der Waals surface area contributed by atoms with Crippen molar-refractivity contribution in [2.75, 3.05) is 6.26 Å². The zero-order valence-electron chi connectivity index (χ0n) is 31.8. The van der Waals surface area contributed by atoms with Crippen LogP contribution < -0.4 is 5.73 Å². The van der Waals surface area contributed by atoms with Crippen LogP contribution in [0.25, 0.3) is 11.1 Å². The molecule has 0 spiro atoms. The second kappa shape index (κ2) is 20.7. The molecule has 4 aliphatic carbocycles. The van der Waals surface area contributed by atoms with Crippen LogP contribution >= 0.6 is 8.58 Å². The molecule has 0 bridgehead atoms. The normalized spacial score (nSPS) is 24.2. The maximum atomic E-state index is 9.08. The molecule has 2 saturated carbocycles. The molecule has 2 atom stereocenters. The first-order chi connectivity index (χ1) is 24.8. The summed E-state index contributed by atoms with van der Waals surface area (Å²) in [6, 6.07) is 21.0. The molecule has 9 heteroatoms. The van der Waals surface area contributed by atoms with Gasteiger partial charge in [0.2, 0.25) is 0 Å². The first-order valence-corrected chi connectivity index (χ1v) is 23.6. The monoisotopic (exact) mass is 840 g/mol. The molecule has 52 heavy (non-hydrogen) atoms. The Labute approximate surface area is 324 Å². The van der Waals surface area contributed by atoms with E-state index in [1.54, 1.807) is 25.7 Å². The van der Waals surface area contributed by atoms with Crippen LogP contribution in [-0.2, 0) is 37.6 Å². The molecule has 2 aromatic carbocycles. The van der Waals surface area contributed by atoms with Crippen molar-refractivity contribution >= 4 is 29.8 Å². The van der Waals surface area contributed by atoms with Gasteiger partial charge in [0.1, 0.15) is 0 Å². The molecule has 6 nitrogen and oxygen atoms in total. The van der Waals surface area contributed by atoms with Crippen LogP contribution in [-0.4, -0.2) is 50.8 Å². The van der Waals surface area contributed by atoms with Gasteiger partial charge in [0.25, 0.3) is 0 Å². The van der Waals surface area contributed by atoms with Gasteiger partial charge in [-0.25, -0.2) is 8.42 Å². The topological polar surface area (TPSA) is 102 Å². The van der Waals surface area contributed by atoms with Crippen LogP contribution in [0.15, 0.2) is 96.8 Å². The number of nitrogens with two attached hydrogens (primary N) is 1. The van der Waals surface area contributed by atoms with Gasteiger partial charge in [-0.3, -0.25) is 0 Å². The third-order valence-corrected chi connectivity index (χ3v) is 14.4. The minimum Gasteiger partial charge on any atom is -0.748 e. The Balaban J connectivity index is 0.000000275. The summed E-state index contributed by atoms with van der Waals surface area (Å²) in [5.74, 6) is 0.881. The van der Waals surface area contributed by atoms with Crippen molar-refractivity contribution in [3.8, 4) is 0 Å². The quantitative estimate of drug-likeness (QED) is 0.145. The molecule has 0 amide bonds. The van der Waals surface area contributed by atoms with Crippen molar-refractivity contribution in [3.63, 3.8) is 0 Å². The SMILES string of the molecule is C1CCC(PC2CCCCC2)CC1.CC(C)OC1=C(c2ccccc2)[C](OC(C)C)([Pd+][C]2(N)CC=CC=C2c2ccccc2)CC=C1.CS(=O)(=O)[O-]. The first kappa shape index (κ1) is 42.9. The molecule has 0 heterocycles. The minimum absolute atomic E-state index is 0.00470. The molecule has 0 radical (unpaired) electrons. The second-order valence-corrected chi connectivity index (χ2v) is 21.1. The van der Waals surface area contributed by atoms with E-state index in [1.165, 1.54) is 58.2 Å². The van der Waals surface area contributed by atoms with Crippen LogP contribution in [0.4, 0.5) is 0 Å². The molecule has 4 aliphatic rings. The van der Waals surface area contributed by atoms with E-state index in [1.807, 2.05) is 12.1 Å². The zero-order valence-corrected chi connectivity index (χ0v) is 35.2. The first-order valence-electron chi connectivity index (χ1n) is 19.1. The van der Waals surface area contributed by atoms with Crippen molar-refractivity contribution in [1.29, 1.82) is 0 Å². The Morgan fingerprint density at radius 2 is 1.31 bits per heavy atom. The number of benzene rings is 2. The molecule has 2 N–H and O–H groups in total. The second-order valence-electron chi connectivity index (χ2n) is 14.7. The van der Waals surface area contributed by atoms with Crippen LogP contribution in [0.1, 0.15) is 116 Å². The summed E-state index contributed by atoms with van der Waals surface area (Å²) in [5.41, 5.74) is 14.2. The standard InChI is InChI=1S/C18H23O2.C12H12N.C12H23P.CH4O3S.Pd/c1-13(2)19-16-11-8-12-17(20-14(3)4)18(16)15-9-6-5-7-10-15;13-12-9-5-4-8-11(12)10-6-2-1-3-7-10;1-3-7-11(8-4-1)13-12-9-5-2-6-10-12;1-5(2,3)4;/h5-11,13-14H,12H2,1-4H3;1-8H,9,13H2;11-13H,1-10H2;1H3,(H,2,3,4);/q;;;;+1/p-1. The van der Waals surface area contributed by atoms with Crippen molar-refractivity contribution < 1.29 is 40.4 Å². The predicted octanol–water partition coefficient (Wildman–Crippen LogP) is 10.2. The van der Waals surface area contributed by atoms with Gasteiger partial charge in [0.15, 0.2) is 0 Å². The number of hydrogen-bond acceptors (Lipinski definition) is 6. The maximum Gasteiger partial charge on any atom is 0.0916 e. The van der Waals surface area contributed by atoms with Gasteiger partial charge < -0.3 is 4.55 Å². The Kier molecular flexibility index (Phi) is 17.1. The molecular weight excluding hydrogens is 780 g/mol. The smallest absolute Gasteiger partial charge is 0.0916 e. The average Bonchev–Trinajstić information content (AvgIpc) is 3.09. The van der Waals surface area contributed by atoms with E-state index in [0.29, 0.717) is 6.26 Å².